The molecule has 0 spiro atoms. The Balaban J connectivity index is 4.55. The molecule has 1 atom stereocenters. The smallest absolute Gasteiger partial charge is 0.407 e. The van der Waals surface area contributed by atoms with Gasteiger partial charge >= 0.3 is 6.09 Å². The van der Waals surface area contributed by atoms with Gasteiger partial charge in [-0.3, -0.25) is 5.41 Å². The first-order chi connectivity index (χ1) is 7.42. The number of hydrogen-bond donors (Lipinski definition) is 3. The maximum atomic E-state index is 11.7. The summed E-state index contributed by atoms with van der Waals surface area (Å²) in [6, 6.07) is -0.213. The Morgan fingerprint density at radius 2 is 1.76 bits per heavy atom. The van der Waals surface area contributed by atoms with E-state index < -0.39 is 11.7 Å². The molecule has 0 aliphatic carbocycles. The predicted octanol–water partition coefficient (Wildman–Crippen LogP) is 2.25. The zero-order valence-electron chi connectivity index (χ0n) is 11.7. The largest absolute Gasteiger partial charge is 0.444 e. The molecule has 4 N–H and O–H groups in total. The van der Waals surface area contributed by atoms with E-state index in [1.165, 1.54) is 0 Å². The maximum absolute atomic E-state index is 11.7. The van der Waals surface area contributed by atoms with Crippen molar-refractivity contribution in [1.82, 2.24) is 5.32 Å². The Bertz CT molecular complexity index is 287. The van der Waals surface area contributed by atoms with E-state index in [9.17, 15) is 4.79 Å². The molecule has 17 heavy (non-hydrogen) atoms. The van der Waals surface area contributed by atoms with Gasteiger partial charge in [0.15, 0.2) is 0 Å². The van der Waals surface area contributed by atoms with E-state index >= 15 is 0 Å². The van der Waals surface area contributed by atoms with E-state index in [1.54, 1.807) is 0 Å². The molecule has 0 aromatic heterocycles. The Kier molecular flexibility index (Phi) is 4.98. The molecule has 0 saturated heterocycles. The Hall–Kier alpha value is -1.26. The quantitative estimate of drug-likeness (QED) is 0.524. The summed E-state index contributed by atoms with van der Waals surface area (Å²) in [6.07, 6.45) is -0.151. The monoisotopic (exact) mass is 243 g/mol. The van der Waals surface area contributed by atoms with Gasteiger partial charge in [0.1, 0.15) is 5.60 Å². The lowest BCUT2D eigenvalue weighted by Crippen LogP contribution is -2.47. The fraction of sp³-hybridized carbons (Fsp3) is 0.833. The number of hydrogen-bond acceptors (Lipinski definition) is 3. The second kappa shape index (κ2) is 5.38. The summed E-state index contributed by atoms with van der Waals surface area (Å²) in [5.41, 5.74) is 4.68. The molecule has 1 unspecified atom stereocenters. The molecule has 0 radical (unpaired) electrons. The Morgan fingerprint density at radius 1 is 1.29 bits per heavy atom. The second-order valence-corrected chi connectivity index (χ2v) is 6.29. The van der Waals surface area contributed by atoms with Crippen LogP contribution in [-0.4, -0.2) is 23.6 Å². The third kappa shape index (κ3) is 7.60. The van der Waals surface area contributed by atoms with Crippen LogP contribution in [0.25, 0.3) is 0 Å². The van der Waals surface area contributed by atoms with Gasteiger partial charge < -0.3 is 15.8 Å². The van der Waals surface area contributed by atoms with Crippen molar-refractivity contribution in [3.8, 4) is 0 Å². The molecule has 0 aliphatic heterocycles. The molecule has 0 aromatic rings. The summed E-state index contributed by atoms with van der Waals surface area (Å²) in [4.78, 5) is 11.7. The molecule has 1 amide bonds. The average molecular weight is 243 g/mol. The van der Waals surface area contributed by atoms with Gasteiger partial charge in [-0.05, 0) is 26.2 Å². The van der Waals surface area contributed by atoms with E-state index in [-0.39, 0.29) is 17.3 Å². The minimum absolute atomic E-state index is 0.0565. The number of carbonyl (C=O) groups is 1. The first-order valence-corrected chi connectivity index (χ1v) is 5.74. The fourth-order valence-electron chi connectivity index (χ4n) is 1.24. The highest BCUT2D eigenvalue weighted by Gasteiger charge is 2.28. The zero-order valence-corrected chi connectivity index (χ0v) is 11.7. The Labute approximate surface area is 104 Å². The van der Waals surface area contributed by atoms with Gasteiger partial charge in [-0.25, -0.2) is 4.79 Å². The van der Waals surface area contributed by atoms with Crippen molar-refractivity contribution < 1.29 is 9.53 Å². The number of amidine groups is 1. The van der Waals surface area contributed by atoms with Gasteiger partial charge in [-0.15, -0.1) is 0 Å². The van der Waals surface area contributed by atoms with Crippen LogP contribution in [0.15, 0.2) is 0 Å². The summed E-state index contributed by atoms with van der Waals surface area (Å²) in [7, 11) is 0. The predicted molar refractivity (Wildman–Crippen MR) is 69.1 cm³/mol. The Morgan fingerprint density at radius 3 is 2.06 bits per heavy atom. The third-order valence-electron chi connectivity index (χ3n) is 2.16. The van der Waals surface area contributed by atoms with E-state index in [1.807, 2.05) is 41.5 Å². The average Bonchev–Trinajstić information content (AvgIpc) is 1.95. The first kappa shape index (κ1) is 15.7. The summed E-state index contributed by atoms with van der Waals surface area (Å²) in [6.45, 7) is 11.4. The first-order valence-electron chi connectivity index (χ1n) is 5.74. The number of rotatable bonds is 3. The summed E-state index contributed by atoms with van der Waals surface area (Å²) in [5.74, 6) is 0.0565. The molecule has 0 saturated carbocycles. The molecular formula is C12H25N3O2. The van der Waals surface area contributed by atoms with Crippen molar-refractivity contribution in [2.24, 2.45) is 11.1 Å². The van der Waals surface area contributed by atoms with Crippen molar-refractivity contribution in [2.75, 3.05) is 0 Å². The fourth-order valence-corrected chi connectivity index (χ4v) is 1.24. The standard InChI is InChI=1S/C12H25N3O2/c1-11(2,3)8(7-9(13)14)15-10(16)17-12(4,5)6/h8H,7H2,1-6H3,(H3,13,14)(H,15,16). The van der Waals surface area contributed by atoms with Crippen LogP contribution in [-0.2, 0) is 4.74 Å². The van der Waals surface area contributed by atoms with Gasteiger partial charge in [-0.1, -0.05) is 20.8 Å². The number of ether oxygens (including phenoxy) is 1. The number of nitrogens with two attached hydrogens (primary N) is 1. The van der Waals surface area contributed by atoms with Crippen LogP contribution in [0.3, 0.4) is 0 Å². The van der Waals surface area contributed by atoms with Crippen LogP contribution >= 0.6 is 0 Å². The number of amides is 1. The lowest BCUT2D eigenvalue weighted by molar-refractivity contribution is 0.0467. The number of alkyl carbamates (subject to hydrolysis) is 1. The van der Waals surface area contributed by atoms with Crippen molar-refractivity contribution >= 4 is 11.9 Å². The summed E-state index contributed by atoms with van der Waals surface area (Å²) in [5, 5.41) is 10.1. The molecule has 0 heterocycles. The van der Waals surface area contributed by atoms with Gasteiger partial charge in [-0.2, -0.15) is 0 Å². The van der Waals surface area contributed by atoms with Gasteiger partial charge in [0.05, 0.1) is 5.84 Å². The SMILES string of the molecule is CC(C)(C)OC(=O)NC(CC(=N)N)C(C)(C)C. The maximum Gasteiger partial charge on any atom is 0.407 e. The minimum atomic E-state index is -0.525. The van der Waals surface area contributed by atoms with Crippen LogP contribution in [0.2, 0.25) is 0 Å². The highest BCUT2D eigenvalue weighted by atomic mass is 16.6. The van der Waals surface area contributed by atoms with Crippen molar-refractivity contribution in [3.05, 3.63) is 0 Å². The van der Waals surface area contributed by atoms with Crippen LogP contribution in [0.1, 0.15) is 48.0 Å². The molecule has 5 heteroatoms. The van der Waals surface area contributed by atoms with Gasteiger partial charge in [0, 0.05) is 12.5 Å². The molecule has 0 rings (SSSR count). The summed E-state index contributed by atoms with van der Waals surface area (Å²) < 4.78 is 5.18. The molecule has 5 nitrogen and oxygen atoms in total. The minimum Gasteiger partial charge on any atom is -0.444 e. The van der Waals surface area contributed by atoms with Crippen LogP contribution in [0.4, 0.5) is 4.79 Å². The van der Waals surface area contributed by atoms with Crippen LogP contribution < -0.4 is 11.1 Å². The zero-order chi connectivity index (χ0) is 13.9. The molecule has 0 bridgehead atoms. The van der Waals surface area contributed by atoms with Crippen LogP contribution in [0.5, 0.6) is 0 Å². The number of carbonyl (C=O) groups excluding carboxylic acids is 1. The molecule has 0 aromatic carbocycles. The second-order valence-electron chi connectivity index (χ2n) is 6.29. The highest BCUT2D eigenvalue weighted by Crippen LogP contribution is 2.22. The van der Waals surface area contributed by atoms with Gasteiger partial charge in [0.25, 0.3) is 0 Å². The lowest BCUT2D eigenvalue weighted by Gasteiger charge is -2.32. The van der Waals surface area contributed by atoms with Gasteiger partial charge in [0.2, 0.25) is 0 Å². The van der Waals surface area contributed by atoms with Crippen molar-refractivity contribution in [2.45, 2.75) is 59.6 Å². The number of nitrogens with one attached hydrogen (secondary N) is 2. The summed E-state index contributed by atoms with van der Waals surface area (Å²) >= 11 is 0. The molecule has 0 fully saturated rings. The lowest BCUT2D eigenvalue weighted by atomic mass is 9.84. The van der Waals surface area contributed by atoms with E-state index in [4.69, 9.17) is 15.9 Å². The normalized spacial score (nSPS) is 14.0. The third-order valence-corrected chi connectivity index (χ3v) is 2.16. The molecule has 0 aliphatic rings. The van der Waals surface area contributed by atoms with E-state index in [2.05, 4.69) is 5.32 Å². The van der Waals surface area contributed by atoms with Crippen molar-refractivity contribution in [3.63, 3.8) is 0 Å². The highest BCUT2D eigenvalue weighted by molar-refractivity contribution is 5.78. The topological polar surface area (TPSA) is 88.2 Å². The van der Waals surface area contributed by atoms with Crippen molar-refractivity contribution in [1.29, 1.82) is 5.41 Å². The molecular weight excluding hydrogens is 218 g/mol. The van der Waals surface area contributed by atoms with E-state index in [0.717, 1.165) is 0 Å². The van der Waals surface area contributed by atoms with E-state index in [0.29, 0.717) is 6.42 Å². The van der Waals surface area contributed by atoms with Crippen LogP contribution in [0, 0.1) is 10.8 Å². The molecule has 100 valence electrons.